The van der Waals surface area contributed by atoms with E-state index in [0.717, 1.165) is 78.0 Å². The normalized spacial score (nSPS) is 13.0. The minimum absolute atomic E-state index is 0.151. The first kappa shape index (κ1) is 34.0. The van der Waals surface area contributed by atoms with Gasteiger partial charge in [-0.25, -0.2) is 4.98 Å². The summed E-state index contributed by atoms with van der Waals surface area (Å²) in [6.45, 7) is 14.9. The third-order valence-corrected chi connectivity index (χ3v) is 11.0. The summed E-state index contributed by atoms with van der Waals surface area (Å²) in [6.07, 6.45) is 1.88. The minimum Gasteiger partial charge on any atom is -0.507 e. The summed E-state index contributed by atoms with van der Waals surface area (Å²) < 4.78 is 27.1. The maximum Gasteiger partial charge on any atom is 0.149 e. The van der Waals surface area contributed by atoms with Crippen molar-refractivity contribution in [2.24, 2.45) is 0 Å². The number of nitrogens with zero attached hydrogens (tertiary/aromatic N) is 3. The Morgan fingerprint density at radius 2 is 1.26 bits per heavy atom. The van der Waals surface area contributed by atoms with E-state index >= 15 is 0 Å². The number of benzene rings is 6. The van der Waals surface area contributed by atoms with Crippen molar-refractivity contribution in [2.45, 2.75) is 73.1 Å². The highest BCUT2D eigenvalue weighted by Gasteiger charge is 2.26. The summed E-state index contributed by atoms with van der Waals surface area (Å²) in [5, 5.41) is 11.9. The molecule has 4 heteroatoms. The first-order valence-electron chi connectivity index (χ1n) is 21.1. The number of imidazole rings is 1. The van der Waals surface area contributed by atoms with Crippen molar-refractivity contribution in [2.75, 3.05) is 0 Å². The van der Waals surface area contributed by atoms with Gasteiger partial charge in [-0.2, -0.15) is 0 Å². The quantitative estimate of drug-likeness (QED) is 0.184. The molecule has 0 aliphatic rings. The van der Waals surface area contributed by atoms with Gasteiger partial charge in [0.2, 0.25) is 0 Å². The lowest BCUT2D eigenvalue weighted by Crippen LogP contribution is -2.12. The van der Waals surface area contributed by atoms with Crippen LogP contribution in [0.2, 0.25) is 0 Å². The molecule has 0 amide bonds. The molecule has 0 saturated carbocycles. The molecule has 57 heavy (non-hydrogen) atoms. The molecule has 0 aliphatic carbocycles. The highest BCUT2D eigenvalue weighted by Crippen LogP contribution is 2.43. The Kier molecular flexibility index (Phi) is 8.57. The molecule has 8 rings (SSSR count). The predicted molar refractivity (Wildman–Crippen MR) is 239 cm³/mol. The van der Waals surface area contributed by atoms with Crippen LogP contribution in [0.5, 0.6) is 5.75 Å². The number of para-hydroxylation sites is 1. The Balaban J connectivity index is 1.43. The van der Waals surface area contributed by atoms with E-state index in [4.69, 9.17) is 14.1 Å². The molecule has 2 aromatic heterocycles. The van der Waals surface area contributed by atoms with E-state index in [-0.39, 0.29) is 22.1 Å². The molecule has 0 fully saturated rings. The third-order valence-electron chi connectivity index (χ3n) is 11.0. The van der Waals surface area contributed by atoms with Gasteiger partial charge in [0.05, 0.1) is 28.0 Å². The van der Waals surface area contributed by atoms with Crippen molar-refractivity contribution in [3.8, 4) is 67.5 Å². The number of aromatic hydroxyl groups is 1. The summed E-state index contributed by atoms with van der Waals surface area (Å²) in [5.74, 6) is 0.709. The first-order chi connectivity index (χ1) is 28.4. The smallest absolute Gasteiger partial charge is 0.149 e. The zero-order valence-corrected chi connectivity index (χ0v) is 34.1. The molecule has 0 atom stereocenters. The molecule has 0 bridgehead atoms. The summed E-state index contributed by atoms with van der Waals surface area (Å²) in [5.41, 5.74) is 14.6. The van der Waals surface area contributed by atoms with E-state index in [1.54, 1.807) is 12.1 Å². The average Bonchev–Trinajstić information content (AvgIpc) is 3.60. The number of phenols is 1. The molecule has 1 N–H and O–H groups in total. The van der Waals surface area contributed by atoms with Crippen LogP contribution in [-0.2, 0) is 10.8 Å². The minimum atomic E-state index is -2.31. The van der Waals surface area contributed by atoms with Gasteiger partial charge in [-0.15, -0.1) is 0 Å². The number of fused-ring (bicyclic) bond motifs is 1. The zero-order chi connectivity index (χ0) is 42.7. The molecule has 284 valence electrons. The van der Waals surface area contributed by atoms with Crippen molar-refractivity contribution in [1.29, 1.82) is 0 Å². The van der Waals surface area contributed by atoms with Crippen LogP contribution >= 0.6 is 0 Å². The van der Waals surface area contributed by atoms with Crippen LogP contribution in [0.3, 0.4) is 0 Å². The number of hydrogen-bond donors (Lipinski definition) is 1. The van der Waals surface area contributed by atoms with Crippen LogP contribution in [0.25, 0.3) is 72.7 Å². The van der Waals surface area contributed by atoms with Gasteiger partial charge in [0.15, 0.2) is 0 Å². The lowest BCUT2D eigenvalue weighted by Gasteiger charge is -2.22. The SMILES string of the molecule is [2H]C([2H])([2H])c1ccc(-n2c(-c3cc(C(C)(C)C)cc(C)c3O)nc3c(-c4cc(-c5cc(-c6ccc(C)cc6)ccn5)cc(C(C)(C)C)c4)cccc32)c(-c2ccccc2)c1. The van der Waals surface area contributed by atoms with Crippen LogP contribution in [0.4, 0.5) is 0 Å². The van der Waals surface area contributed by atoms with Crippen LogP contribution in [0.15, 0.2) is 140 Å². The van der Waals surface area contributed by atoms with Gasteiger partial charge in [0.25, 0.3) is 0 Å². The lowest BCUT2D eigenvalue weighted by molar-refractivity contribution is 0.471. The van der Waals surface area contributed by atoms with Crippen LogP contribution < -0.4 is 0 Å². The lowest BCUT2D eigenvalue weighted by atomic mass is 9.83. The molecule has 8 aromatic rings. The van der Waals surface area contributed by atoms with Crippen molar-refractivity contribution < 1.29 is 9.22 Å². The molecule has 6 aromatic carbocycles. The van der Waals surface area contributed by atoms with Crippen LogP contribution in [-0.4, -0.2) is 19.6 Å². The van der Waals surface area contributed by atoms with Gasteiger partial charge in [-0.05, 0) is 119 Å². The molecule has 0 aliphatic heterocycles. The average molecular weight is 749 g/mol. The predicted octanol–water partition coefficient (Wildman–Crippen LogP) is 14.0. The fourth-order valence-electron chi connectivity index (χ4n) is 7.60. The van der Waals surface area contributed by atoms with E-state index in [0.29, 0.717) is 11.4 Å². The molecule has 0 radical (unpaired) electrons. The number of pyridine rings is 1. The van der Waals surface area contributed by atoms with Crippen molar-refractivity contribution in [3.63, 3.8) is 0 Å². The largest absolute Gasteiger partial charge is 0.507 e. The highest BCUT2D eigenvalue weighted by molar-refractivity contribution is 5.98. The Hall–Kier alpha value is -6.26. The van der Waals surface area contributed by atoms with E-state index in [9.17, 15) is 5.11 Å². The number of aryl methyl sites for hydroxylation is 3. The second-order valence-corrected chi connectivity index (χ2v) is 17.3. The summed E-state index contributed by atoms with van der Waals surface area (Å²) in [6, 6.07) is 45.0. The fourth-order valence-corrected chi connectivity index (χ4v) is 7.60. The summed E-state index contributed by atoms with van der Waals surface area (Å²) in [4.78, 5) is 10.4. The second kappa shape index (κ2) is 14.4. The van der Waals surface area contributed by atoms with E-state index in [1.165, 1.54) is 5.56 Å². The monoisotopic (exact) mass is 748 g/mol. The van der Waals surface area contributed by atoms with Gasteiger partial charge in [0.1, 0.15) is 11.6 Å². The van der Waals surface area contributed by atoms with E-state index < -0.39 is 6.85 Å². The fraction of sp³-hybridized carbons (Fsp3) is 0.208. The van der Waals surface area contributed by atoms with Gasteiger partial charge in [-0.1, -0.05) is 138 Å². The molecule has 0 spiro atoms. The Bertz CT molecular complexity index is 2890. The molecular weight excluding hydrogens is 695 g/mol. The van der Waals surface area contributed by atoms with Gasteiger partial charge >= 0.3 is 0 Å². The Morgan fingerprint density at radius 3 is 1.98 bits per heavy atom. The van der Waals surface area contributed by atoms with Crippen molar-refractivity contribution in [3.05, 3.63) is 167 Å². The van der Waals surface area contributed by atoms with Gasteiger partial charge in [-0.3, -0.25) is 9.55 Å². The van der Waals surface area contributed by atoms with Crippen molar-refractivity contribution in [1.82, 2.24) is 14.5 Å². The summed E-state index contributed by atoms with van der Waals surface area (Å²) >= 11 is 0. The second-order valence-electron chi connectivity index (χ2n) is 17.3. The van der Waals surface area contributed by atoms with Gasteiger partial charge < -0.3 is 5.11 Å². The Labute approximate surface area is 341 Å². The summed E-state index contributed by atoms with van der Waals surface area (Å²) in [7, 11) is 0. The van der Waals surface area contributed by atoms with Crippen molar-refractivity contribution >= 4 is 11.0 Å². The standard InChI is InChI=1S/C53H51N3O/c1-33-18-21-36(22-19-33)38-24-25-54-46(31-38)40-28-39(29-42(30-40)53(7,8)9)43-16-13-17-48-49(43)55-51(45-32-41(52(4,5)6)27-35(3)50(45)57)56(48)47-23-20-34(2)26-44(47)37-14-11-10-12-15-37/h10-32,57H,1-9H3/i2D3. The number of phenolic OH excluding ortho intramolecular Hbond substituents is 1. The van der Waals surface area contributed by atoms with Gasteiger partial charge in [0, 0.05) is 27.0 Å². The molecule has 0 unspecified atom stereocenters. The topological polar surface area (TPSA) is 50.9 Å². The molecule has 4 nitrogen and oxygen atoms in total. The van der Waals surface area contributed by atoms with E-state index in [2.05, 4.69) is 126 Å². The van der Waals surface area contributed by atoms with E-state index in [1.807, 2.05) is 61.7 Å². The zero-order valence-electron chi connectivity index (χ0n) is 37.1. The molecular formula is C53H51N3O. The maximum atomic E-state index is 11.9. The number of rotatable bonds is 6. The number of aromatic nitrogens is 3. The molecule has 2 heterocycles. The highest BCUT2D eigenvalue weighted by atomic mass is 16.3. The first-order valence-corrected chi connectivity index (χ1v) is 19.6. The maximum absolute atomic E-state index is 11.9. The number of hydrogen-bond acceptors (Lipinski definition) is 3. The molecule has 0 saturated heterocycles. The van der Waals surface area contributed by atoms with Crippen LogP contribution in [0, 0.1) is 20.7 Å². The Morgan fingerprint density at radius 1 is 0.561 bits per heavy atom. The van der Waals surface area contributed by atoms with Crippen LogP contribution in [0.1, 0.15) is 73.5 Å². The third kappa shape index (κ3) is 7.29.